The number of carboxylic acids is 1. The molecule has 0 aromatic carbocycles. The number of aliphatic carboxylic acids is 1. The molecule has 0 unspecified atom stereocenters. The minimum absolute atomic E-state index is 0.0133. The molecule has 0 atom stereocenters. The molecule has 84 valence electrons. The van der Waals surface area contributed by atoms with Crippen LogP contribution >= 0.6 is 0 Å². The molecular formula is C9H12FNO4. The van der Waals surface area contributed by atoms with Gasteiger partial charge in [0, 0.05) is 12.8 Å². The van der Waals surface area contributed by atoms with Gasteiger partial charge in [-0.15, -0.1) is 0 Å². The van der Waals surface area contributed by atoms with Crippen LogP contribution in [0.5, 0.6) is 0 Å². The highest BCUT2D eigenvalue weighted by molar-refractivity contribution is 5.85. The first-order valence-corrected chi connectivity index (χ1v) is 4.43. The van der Waals surface area contributed by atoms with E-state index in [4.69, 9.17) is 5.11 Å². The third-order valence-corrected chi connectivity index (χ3v) is 2.22. The Morgan fingerprint density at radius 3 is 2.67 bits per heavy atom. The number of alkyl carbamates (subject to hydrolysis) is 1. The molecule has 1 aliphatic rings. The lowest BCUT2D eigenvalue weighted by molar-refractivity contribution is -0.151. The maximum atomic E-state index is 12.6. The first kappa shape index (κ1) is 11.5. The molecule has 0 saturated heterocycles. The molecule has 0 aromatic rings. The summed E-state index contributed by atoms with van der Waals surface area (Å²) in [5.74, 6) is -1.24. The summed E-state index contributed by atoms with van der Waals surface area (Å²) in [5.41, 5.74) is -1.50. The second kappa shape index (κ2) is 4.29. The van der Waals surface area contributed by atoms with Crippen molar-refractivity contribution in [3.63, 3.8) is 0 Å². The number of alkyl halides is 1. The first-order valence-electron chi connectivity index (χ1n) is 4.43. The Labute approximate surface area is 85.9 Å². The Bertz CT molecular complexity index is 286. The van der Waals surface area contributed by atoms with Gasteiger partial charge in [0.05, 0.1) is 0 Å². The van der Waals surface area contributed by atoms with E-state index in [2.05, 4.69) is 16.6 Å². The Balaban J connectivity index is 2.50. The summed E-state index contributed by atoms with van der Waals surface area (Å²) in [4.78, 5) is 21.9. The molecule has 0 heterocycles. The summed E-state index contributed by atoms with van der Waals surface area (Å²) in [6.07, 6.45) is -1.13. The smallest absolute Gasteiger partial charge is 0.408 e. The lowest BCUT2D eigenvalue weighted by Crippen LogP contribution is -2.63. The predicted octanol–water partition coefficient (Wildman–Crippen LogP) is 0.854. The van der Waals surface area contributed by atoms with Gasteiger partial charge in [-0.05, 0) is 0 Å². The minimum Gasteiger partial charge on any atom is -0.479 e. The van der Waals surface area contributed by atoms with Gasteiger partial charge in [-0.3, -0.25) is 0 Å². The van der Waals surface area contributed by atoms with Crippen LogP contribution in [0.4, 0.5) is 9.18 Å². The number of nitrogens with one attached hydrogen (secondary N) is 1. The third-order valence-electron chi connectivity index (χ3n) is 2.22. The van der Waals surface area contributed by atoms with Crippen molar-refractivity contribution < 1.29 is 23.8 Å². The van der Waals surface area contributed by atoms with E-state index < -0.39 is 23.8 Å². The van der Waals surface area contributed by atoms with Crippen molar-refractivity contribution in [2.45, 2.75) is 24.6 Å². The fourth-order valence-electron chi connectivity index (χ4n) is 1.39. The number of hydrogen-bond acceptors (Lipinski definition) is 3. The van der Waals surface area contributed by atoms with Gasteiger partial charge in [0.25, 0.3) is 0 Å². The molecule has 0 aliphatic heterocycles. The molecule has 1 amide bonds. The van der Waals surface area contributed by atoms with Crippen molar-refractivity contribution in [2.24, 2.45) is 0 Å². The van der Waals surface area contributed by atoms with Crippen LogP contribution in [0.15, 0.2) is 12.7 Å². The lowest BCUT2D eigenvalue weighted by atomic mass is 9.75. The second-order valence-electron chi connectivity index (χ2n) is 3.40. The summed E-state index contributed by atoms with van der Waals surface area (Å²) in [6, 6.07) is 0. The number of carbonyl (C=O) groups is 2. The van der Waals surface area contributed by atoms with Crippen molar-refractivity contribution in [1.29, 1.82) is 0 Å². The van der Waals surface area contributed by atoms with Crippen molar-refractivity contribution in [1.82, 2.24) is 5.32 Å². The van der Waals surface area contributed by atoms with E-state index >= 15 is 0 Å². The van der Waals surface area contributed by atoms with Crippen LogP contribution in [0, 0.1) is 0 Å². The molecule has 0 radical (unpaired) electrons. The monoisotopic (exact) mass is 217 g/mol. The molecule has 15 heavy (non-hydrogen) atoms. The molecule has 5 nitrogen and oxygen atoms in total. The molecular weight excluding hydrogens is 205 g/mol. The van der Waals surface area contributed by atoms with Crippen molar-refractivity contribution in [3.8, 4) is 0 Å². The zero-order valence-corrected chi connectivity index (χ0v) is 8.03. The van der Waals surface area contributed by atoms with Gasteiger partial charge in [-0.2, -0.15) is 0 Å². The number of halogens is 1. The van der Waals surface area contributed by atoms with Crippen LogP contribution in [0.2, 0.25) is 0 Å². The lowest BCUT2D eigenvalue weighted by Gasteiger charge is -2.40. The molecule has 6 heteroatoms. The molecule has 0 aromatic heterocycles. The van der Waals surface area contributed by atoms with E-state index in [-0.39, 0.29) is 19.4 Å². The van der Waals surface area contributed by atoms with E-state index in [1.165, 1.54) is 6.08 Å². The Kier molecular flexibility index (Phi) is 3.28. The summed E-state index contributed by atoms with van der Waals surface area (Å²) in [7, 11) is 0. The van der Waals surface area contributed by atoms with Crippen molar-refractivity contribution in [3.05, 3.63) is 12.7 Å². The SMILES string of the molecule is C=CCOC(=O)NC1(C(=O)O)CC(F)C1. The molecule has 2 N–H and O–H groups in total. The minimum atomic E-state index is -1.50. The van der Waals surface area contributed by atoms with Gasteiger partial charge >= 0.3 is 12.1 Å². The van der Waals surface area contributed by atoms with Crippen LogP contribution in [0.3, 0.4) is 0 Å². The van der Waals surface area contributed by atoms with Gasteiger partial charge in [0.2, 0.25) is 0 Å². The maximum absolute atomic E-state index is 12.6. The fourth-order valence-corrected chi connectivity index (χ4v) is 1.39. The number of carboxylic acid groups (broad SMARTS) is 1. The second-order valence-corrected chi connectivity index (χ2v) is 3.40. The molecule has 1 rings (SSSR count). The summed E-state index contributed by atoms with van der Waals surface area (Å²) in [5, 5.41) is 11.0. The van der Waals surface area contributed by atoms with E-state index in [0.29, 0.717) is 0 Å². The zero-order valence-electron chi connectivity index (χ0n) is 8.03. The zero-order chi connectivity index (χ0) is 11.5. The van der Waals surface area contributed by atoms with Gasteiger partial charge < -0.3 is 15.2 Å². The maximum Gasteiger partial charge on any atom is 0.408 e. The van der Waals surface area contributed by atoms with Crippen LogP contribution in [0.1, 0.15) is 12.8 Å². The Morgan fingerprint density at radius 1 is 1.67 bits per heavy atom. The Morgan fingerprint density at radius 2 is 2.27 bits per heavy atom. The van der Waals surface area contributed by atoms with Crippen molar-refractivity contribution in [2.75, 3.05) is 6.61 Å². The van der Waals surface area contributed by atoms with Crippen LogP contribution in [-0.2, 0) is 9.53 Å². The molecule has 0 bridgehead atoms. The molecule has 1 saturated carbocycles. The number of ether oxygens (including phenoxy) is 1. The molecule has 0 spiro atoms. The van der Waals surface area contributed by atoms with Gasteiger partial charge in [0.15, 0.2) is 0 Å². The number of carbonyl (C=O) groups excluding carboxylic acids is 1. The highest BCUT2D eigenvalue weighted by atomic mass is 19.1. The quantitative estimate of drug-likeness (QED) is 0.684. The fraction of sp³-hybridized carbons (Fsp3) is 0.556. The van der Waals surface area contributed by atoms with Gasteiger partial charge in [0.1, 0.15) is 18.3 Å². The third kappa shape index (κ3) is 2.45. The average Bonchev–Trinajstić information content (AvgIpc) is 2.11. The number of hydrogen-bond donors (Lipinski definition) is 2. The predicted molar refractivity (Wildman–Crippen MR) is 49.2 cm³/mol. The standard InChI is InChI=1S/C9H12FNO4/c1-2-3-15-8(14)11-9(7(12)13)4-6(10)5-9/h2,6H,1,3-5H2,(H,11,14)(H,12,13). The van der Waals surface area contributed by atoms with Crippen LogP contribution < -0.4 is 5.32 Å². The van der Waals surface area contributed by atoms with E-state index in [9.17, 15) is 14.0 Å². The van der Waals surface area contributed by atoms with Crippen LogP contribution in [-0.4, -0.2) is 35.5 Å². The molecule has 1 fully saturated rings. The van der Waals surface area contributed by atoms with Gasteiger partial charge in [-0.25, -0.2) is 14.0 Å². The summed E-state index contributed by atoms with van der Waals surface area (Å²) < 4.78 is 17.2. The van der Waals surface area contributed by atoms with Crippen molar-refractivity contribution >= 4 is 12.1 Å². The number of rotatable bonds is 4. The van der Waals surface area contributed by atoms with E-state index in [0.717, 1.165) is 0 Å². The highest BCUT2D eigenvalue weighted by Gasteiger charge is 2.52. The summed E-state index contributed by atoms with van der Waals surface area (Å²) >= 11 is 0. The normalized spacial score (nSPS) is 28.7. The topological polar surface area (TPSA) is 75.6 Å². The largest absolute Gasteiger partial charge is 0.479 e. The summed E-state index contributed by atoms with van der Waals surface area (Å²) in [6.45, 7) is 3.32. The molecule has 1 aliphatic carbocycles. The number of amides is 1. The highest BCUT2D eigenvalue weighted by Crippen LogP contribution is 2.35. The van der Waals surface area contributed by atoms with Crippen LogP contribution in [0.25, 0.3) is 0 Å². The van der Waals surface area contributed by atoms with E-state index in [1.54, 1.807) is 0 Å². The first-order chi connectivity index (χ1) is 7.00. The van der Waals surface area contributed by atoms with E-state index in [1.807, 2.05) is 0 Å². The Hall–Kier alpha value is -1.59. The average molecular weight is 217 g/mol. The van der Waals surface area contributed by atoms with Gasteiger partial charge in [-0.1, -0.05) is 12.7 Å².